The molecule has 0 saturated carbocycles. The number of pyridine rings is 2. The van der Waals surface area contributed by atoms with E-state index in [4.69, 9.17) is 18.2 Å². The number of ether oxygens (including phenoxy) is 1. The molecule has 1 N–H and O–H groups in total. The van der Waals surface area contributed by atoms with Crippen LogP contribution in [0.3, 0.4) is 0 Å². The van der Waals surface area contributed by atoms with E-state index in [1.54, 1.807) is 44.2 Å². The van der Waals surface area contributed by atoms with E-state index in [0.29, 0.717) is 11.6 Å². The fraction of sp³-hybridized carbons (Fsp3) is 0.242. The van der Waals surface area contributed by atoms with Crippen LogP contribution in [0.15, 0.2) is 89.8 Å². The highest BCUT2D eigenvalue weighted by Gasteiger charge is 2.60. The van der Waals surface area contributed by atoms with Crippen molar-refractivity contribution in [2.45, 2.75) is 51.6 Å². The number of aromatic nitrogens is 5. The highest BCUT2D eigenvalue weighted by molar-refractivity contribution is 7.52. The van der Waals surface area contributed by atoms with Crippen molar-refractivity contribution >= 4 is 30.4 Å². The molecule has 2 atom stereocenters. The third kappa shape index (κ3) is 7.60. The number of imidazole rings is 1. The maximum Gasteiger partial charge on any atom is 0.459 e. The van der Waals surface area contributed by atoms with Gasteiger partial charge in [0.15, 0.2) is 0 Å². The summed E-state index contributed by atoms with van der Waals surface area (Å²) < 4.78 is 107. The minimum atomic E-state index is -5.93. The lowest BCUT2D eigenvalue weighted by atomic mass is 9.99. The van der Waals surface area contributed by atoms with Gasteiger partial charge in [-0.05, 0) is 67.8 Å². The van der Waals surface area contributed by atoms with Crippen LogP contribution in [0.25, 0.3) is 39.4 Å². The van der Waals surface area contributed by atoms with Crippen LogP contribution >= 0.6 is 7.75 Å². The van der Waals surface area contributed by atoms with Gasteiger partial charge in [0.25, 0.3) is 5.89 Å². The van der Waals surface area contributed by atoms with E-state index in [9.17, 15) is 31.3 Å². The van der Waals surface area contributed by atoms with Crippen molar-refractivity contribution in [3.05, 3.63) is 96.6 Å². The zero-order valence-electron chi connectivity index (χ0n) is 27.0. The molecular weight excluding hydrogens is 702 g/mol. The Bertz CT molecular complexity index is 2210. The second-order valence-corrected chi connectivity index (χ2v) is 13.2. The third-order valence-electron chi connectivity index (χ3n) is 7.35. The molecule has 0 saturated heterocycles. The summed E-state index contributed by atoms with van der Waals surface area (Å²) in [5, 5.41) is 10.2. The maximum atomic E-state index is 14.8. The molecule has 6 aromatic rings. The number of para-hydroxylation sites is 1. The fourth-order valence-electron chi connectivity index (χ4n) is 4.94. The molecule has 2 aromatic carbocycles. The van der Waals surface area contributed by atoms with Crippen LogP contribution in [0, 0.1) is 0 Å². The van der Waals surface area contributed by atoms with E-state index in [-0.39, 0.29) is 51.7 Å². The summed E-state index contributed by atoms with van der Waals surface area (Å²) in [6, 6.07) is 16.7. The van der Waals surface area contributed by atoms with Gasteiger partial charge in [0.1, 0.15) is 34.5 Å². The summed E-state index contributed by atoms with van der Waals surface area (Å²) >= 11 is 0. The molecule has 51 heavy (non-hydrogen) atoms. The highest BCUT2D eigenvalue weighted by atomic mass is 31.2. The monoisotopic (exact) mass is 730 g/mol. The van der Waals surface area contributed by atoms with Gasteiger partial charge in [0, 0.05) is 11.6 Å². The highest BCUT2D eigenvalue weighted by Crippen LogP contribution is 2.47. The number of fused-ring (bicyclic) bond motifs is 3. The minimum Gasteiger partial charge on any atom is -0.462 e. The number of carbonyl (C=O) groups is 1. The largest absolute Gasteiger partial charge is 0.462 e. The van der Waals surface area contributed by atoms with Gasteiger partial charge in [-0.1, -0.05) is 42.5 Å². The lowest BCUT2D eigenvalue weighted by Gasteiger charge is -2.23. The first-order valence-corrected chi connectivity index (χ1v) is 16.8. The molecule has 18 heteroatoms. The van der Waals surface area contributed by atoms with Gasteiger partial charge in [0.2, 0.25) is 6.39 Å². The number of carbonyl (C=O) groups excluding carboxylic acids is 1. The van der Waals surface area contributed by atoms with Crippen LogP contribution in [0.4, 0.5) is 22.0 Å². The second-order valence-electron chi connectivity index (χ2n) is 11.5. The van der Waals surface area contributed by atoms with Crippen molar-refractivity contribution in [1.82, 2.24) is 29.7 Å². The zero-order chi connectivity index (χ0) is 36.6. The average Bonchev–Trinajstić information content (AvgIpc) is 3.78. The maximum absolute atomic E-state index is 14.8. The number of esters is 1. The number of hydrogen-bond donors (Lipinski definition) is 1. The molecule has 12 nitrogen and oxygen atoms in total. The predicted molar refractivity (Wildman–Crippen MR) is 172 cm³/mol. The number of benzene rings is 2. The molecule has 266 valence electrons. The van der Waals surface area contributed by atoms with Crippen molar-refractivity contribution in [3.8, 4) is 28.5 Å². The molecular formula is C33H28F5N6O6P. The Labute approximate surface area is 286 Å². The van der Waals surface area contributed by atoms with Gasteiger partial charge >= 0.3 is 25.8 Å². The lowest BCUT2D eigenvalue weighted by Crippen LogP contribution is -2.36. The molecule has 4 heterocycles. The molecule has 0 aliphatic heterocycles. The van der Waals surface area contributed by atoms with Crippen LogP contribution in [-0.4, -0.2) is 48.9 Å². The Hall–Kier alpha value is -5.25. The number of hydrogen-bond acceptors (Lipinski definition) is 10. The third-order valence-corrected chi connectivity index (χ3v) is 8.97. The van der Waals surface area contributed by atoms with Crippen LogP contribution < -0.4 is 9.61 Å². The first-order chi connectivity index (χ1) is 24.1. The van der Waals surface area contributed by atoms with Crippen molar-refractivity contribution < 1.29 is 49.5 Å². The van der Waals surface area contributed by atoms with Crippen molar-refractivity contribution in [1.29, 1.82) is 0 Å². The molecule has 6 rings (SSSR count). The first kappa shape index (κ1) is 35.6. The number of rotatable bonds is 12. The van der Waals surface area contributed by atoms with Gasteiger partial charge in [-0.25, -0.2) is 14.5 Å². The van der Waals surface area contributed by atoms with Crippen molar-refractivity contribution in [2.75, 3.05) is 0 Å². The normalized spacial score (nSPS) is 14.1. The summed E-state index contributed by atoms with van der Waals surface area (Å²) in [5.74, 6) is -5.79. The van der Waals surface area contributed by atoms with Crippen LogP contribution in [0.1, 0.15) is 32.0 Å². The van der Waals surface area contributed by atoms with Gasteiger partial charge in [-0.15, -0.1) is 10.2 Å². The molecule has 4 aromatic heterocycles. The molecule has 0 amide bonds. The van der Waals surface area contributed by atoms with Gasteiger partial charge in [-0.2, -0.15) is 27.0 Å². The van der Waals surface area contributed by atoms with Crippen LogP contribution in [0.2, 0.25) is 0 Å². The van der Waals surface area contributed by atoms with E-state index in [1.807, 2.05) is 0 Å². The Kier molecular flexibility index (Phi) is 9.63. The Balaban J connectivity index is 1.34. The Morgan fingerprint density at radius 1 is 0.980 bits per heavy atom. The molecule has 0 spiro atoms. The number of nitrogens with zero attached hydrogens (tertiary/aromatic N) is 5. The lowest BCUT2D eigenvalue weighted by molar-refractivity contribution is -0.290. The smallest absolute Gasteiger partial charge is 0.459 e. The molecule has 1 unspecified atom stereocenters. The summed E-state index contributed by atoms with van der Waals surface area (Å²) in [5.41, 5.74) is -0.736. The number of alkyl halides is 5. The van der Waals surface area contributed by atoms with E-state index in [0.717, 1.165) is 6.39 Å². The molecule has 0 radical (unpaired) electrons. The van der Waals surface area contributed by atoms with Gasteiger partial charge in [0.05, 0.1) is 12.7 Å². The summed E-state index contributed by atoms with van der Waals surface area (Å²) in [4.78, 5) is 20.5. The summed E-state index contributed by atoms with van der Waals surface area (Å²) in [7, 11) is -4.22. The molecule has 0 aliphatic rings. The Morgan fingerprint density at radius 2 is 1.71 bits per heavy atom. The second kappa shape index (κ2) is 13.8. The van der Waals surface area contributed by atoms with Crippen molar-refractivity contribution in [2.24, 2.45) is 0 Å². The average molecular weight is 731 g/mol. The van der Waals surface area contributed by atoms with Gasteiger partial charge in [-0.3, -0.25) is 13.7 Å². The van der Waals surface area contributed by atoms with Crippen molar-refractivity contribution in [3.63, 3.8) is 0 Å². The molecule has 0 fully saturated rings. The summed E-state index contributed by atoms with van der Waals surface area (Å²) in [6.07, 6.45) is -3.97. The fourth-order valence-corrected chi connectivity index (χ4v) is 6.41. The topological polar surface area (TPSA) is 143 Å². The van der Waals surface area contributed by atoms with Gasteiger partial charge < -0.3 is 13.7 Å². The number of halogens is 5. The first-order valence-electron chi connectivity index (χ1n) is 15.2. The van der Waals surface area contributed by atoms with E-state index >= 15 is 0 Å². The molecule has 0 bridgehead atoms. The standard InChI is InChI=1S/C33H28F5N6O6P/c1-19(2)49-31(45)20(3)43-51(46,50-23-7-5-4-6-8-23)48-17-21-9-11-22(12-10-21)25-15-27(32(34,35)33(36,37)38)41-29-24(25)13-14-28-40-26(16-44(28)29)30-42-39-18-47-30/h4-16,18-20H,17H2,1-3H3,(H,43,46)/t20-,51?/m0/s1. The SMILES string of the molecule is CC(C)OC(=O)[C@H](C)NP(=O)(OCc1ccc(-c2cc(C(F)(F)C(F)(F)F)nc3c2ccc2nc(-c4nnco4)cn23)cc1)Oc1ccccc1. The molecule has 0 aliphatic carbocycles. The van der Waals surface area contributed by atoms with E-state index < -0.39 is 43.7 Å². The number of nitrogens with one attached hydrogen (secondary N) is 1. The van der Waals surface area contributed by atoms with E-state index in [1.165, 1.54) is 53.9 Å². The Morgan fingerprint density at radius 3 is 2.35 bits per heavy atom. The van der Waals surface area contributed by atoms with Crippen LogP contribution in [0.5, 0.6) is 5.75 Å². The summed E-state index contributed by atoms with van der Waals surface area (Å²) in [6.45, 7) is 4.44. The predicted octanol–water partition coefficient (Wildman–Crippen LogP) is 7.89. The zero-order valence-corrected chi connectivity index (χ0v) is 27.9. The minimum absolute atomic E-state index is 0.000482. The van der Waals surface area contributed by atoms with Crippen LogP contribution in [-0.2, 0) is 31.1 Å². The van der Waals surface area contributed by atoms with E-state index in [2.05, 4.69) is 25.3 Å². The quantitative estimate of drug-likeness (QED) is 0.0746.